The van der Waals surface area contributed by atoms with E-state index in [0.717, 1.165) is 29.1 Å². The highest BCUT2D eigenvalue weighted by Gasteiger charge is 2.23. The summed E-state index contributed by atoms with van der Waals surface area (Å²) in [6, 6.07) is 10.2. The first-order valence-electron chi connectivity index (χ1n) is 7.68. The summed E-state index contributed by atoms with van der Waals surface area (Å²) in [4.78, 5) is 9.26. The molecular weight excluding hydrogens is 308 g/mol. The first-order chi connectivity index (χ1) is 10.9. The molecule has 0 aliphatic heterocycles. The zero-order valence-corrected chi connectivity index (χ0v) is 14.4. The van der Waals surface area contributed by atoms with E-state index in [9.17, 15) is 0 Å². The molecule has 1 aromatic carbocycles. The molecule has 0 aliphatic rings. The molecule has 23 heavy (non-hydrogen) atoms. The van der Waals surface area contributed by atoms with Crippen molar-refractivity contribution in [2.24, 2.45) is 5.73 Å². The van der Waals surface area contributed by atoms with Crippen molar-refractivity contribution in [3.05, 3.63) is 58.5 Å². The molecule has 0 unspecified atom stereocenters. The van der Waals surface area contributed by atoms with E-state index >= 15 is 0 Å². The van der Waals surface area contributed by atoms with Crippen molar-refractivity contribution in [1.82, 2.24) is 14.5 Å². The predicted octanol–water partition coefficient (Wildman–Crippen LogP) is 3.89. The number of halogens is 1. The van der Waals surface area contributed by atoms with Crippen LogP contribution in [0.3, 0.4) is 0 Å². The van der Waals surface area contributed by atoms with Crippen molar-refractivity contribution >= 4 is 22.8 Å². The second-order valence-corrected chi connectivity index (χ2v) is 7.22. The van der Waals surface area contributed by atoms with E-state index in [-0.39, 0.29) is 5.41 Å². The van der Waals surface area contributed by atoms with Gasteiger partial charge in [0.1, 0.15) is 11.3 Å². The van der Waals surface area contributed by atoms with Gasteiger partial charge in [-0.2, -0.15) is 0 Å². The maximum atomic E-state index is 6.06. The maximum absolute atomic E-state index is 6.06. The van der Waals surface area contributed by atoms with E-state index in [2.05, 4.69) is 54.6 Å². The lowest BCUT2D eigenvalue weighted by molar-refractivity contribution is 0.515. The number of imidazole rings is 1. The van der Waals surface area contributed by atoms with Gasteiger partial charge in [0, 0.05) is 18.2 Å². The first kappa shape index (κ1) is 16.0. The Morgan fingerprint density at radius 3 is 2.39 bits per heavy atom. The van der Waals surface area contributed by atoms with Crippen LogP contribution in [0.4, 0.5) is 0 Å². The second-order valence-electron chi connectivity index (χ2n) is 6.79. The number of rotatable bonds is 3. The van der Waals surface area contributed by atoms with Crippen LogP contribution in [0, 0.1) is 0 Å². The minimum Gasteiger partial charge on any atom is -0.326 e. The Balaban J connectivity index is 2.10. The van der Waals surface area contributed by atoms with Crippen LogP contribution in [0.1, 0.15) is 37.7 Å². The summed E-state index contributed by atoms with van der Waals surface area (Å²) < 4.78 is 2.17. The van der Waals surface area contributed by atoms with Crippen LogP contribution >= 0.6 is 11.6 Å². The Kier molecular flexibility index (Phi) is 4.13. The third-order valence-electron chi connectivity index (χ3n) is 3.82. The van der Waals surface area contributed by atoms with Crippen molar-refractivity contribution in [3.63, 3.8) is 0 Å². The molecule has 0 atom stereocenters. The monoisotopic (exact) mass is 328 g/mol. The van der Waals surface area contributed by atoms with Gasteiger partial charge < -0.3 is 10.3 Å². The van der Waals surface area contributed by atoms with Crippen LogP contribution < -0.4 is 5.73 Å². The summed E-state index contributed by atoms with van der Waals surface area (Å²) in [5.74, 6) is 1.00. The van der Waals surface area contributed by atoms with E-state index in [1.807, 2.05) is 6.07 Å². The molecule has 0 fully saturated rings. The third kappa shape index (κ3) is 3.23. The van der Waals surface area contributed by atoms with Gasteiger partial charge in [0.25, 0.3) is 0 Å². The van der Waals surface area contributed by atoms with E-state index in [1.54, 1.807) is 6.20 Å². The average molecular weight is 329 g/mol. The van der Waals surface area contributed by atoms with Gasteiger partial charge >= 0.3 is 0 Å². The number of fused-ring (bicyclic) bond motifs is 1. The van der Waals surface area contributed by atoms with Crippen LogP contribution in [0.15, 0.2) is 36.5 Å². The Morgan fingerprint density at radius 2 is 1.78 bits per heavy atom. The van der Waals surface area contributed by atoms with Gasteiger partial charge in [-0.1, -0.05) is 56.6 Å². The molecule has 0 spiro atoms. The van der Waals surface area contributed by atoms with E-state index in [1.165, 1.54) is 5.56 Å². The van der Waals surface area contributed by atoms with E-state index < -0.39 is 0 Å². The van der Waals surface area contributed by atoms with Crippen LogP contribution in [0.2, 0.25) is 5.02 Å². The molecule has 2 heterocycles. The normalized spacial score (nSPS) is 12.0. The van der Waals surface area contributed by atoms with Crippen LogP contribution in [0.5, 0.6) is 0 Å². The fraction of sp³-hybridized carbons (Fsp3) is 0.333. The van der Waals surface area contributed by atoms with Crippen molar-refractivity contribution in [3.8, 4) is 0 Å². The molecule has 3 rings (SSSR count). The summed E-state index contributed by atoms with van der Waals surface area (Å²) in [6.45, 7) is 7.75. The first-order valence-corrected chi connectivity index (χ1v) is 8.06. The summed E-state index contributed by atoms with van der Waals surface area (Å²) in [7, 11) is 0. The number of hydrogen-bond acceptors (Lipinski definition) is 3. The van der Waals surface area contributed by atoms with E-state index in [4.69, 9.17) is 22.3 Å². The van der Waals surface area contributed by atoms with Gasteiger partial charge in [-0.05, 0) is 17.2 Å². The fourth-order valence-electron chi connectivity index (χ4n) is 2.67. The van der Waals surface area contributed by atoms with Crippen molar-refractivity contribution < 1.29 is 0 Å². The fourth-order valence-corrected chi connectivity index (χ4v) is 2.82. The van der Waals surface area contributed by atoms with Gasteiger partial charge in [0.15, 0.2) is 5.65 Å². The zero-order valence-electron chi connectivity index (χ0n) is 13.7. The lowest BCUT2D eigenvalue weighted by atomic mass is 9.95. The molecule has 4 nitrogen and oxygen atoms in total. The van der Waals surface area contributed by atoms with Crippen molar-refractivity contribution in [2.75, 3.05) is 0 Å². The highest BCUT2D eigenvalue weighted by atomic mass is 35.5. The summed E-state index contributed by atoms with van der Waals surface area (Å²) in [6.07, 6.45) is 1.67. The minimum atomic E-state index is -0.0790. The number of nitrogens with zero attached hydrogens (tertiary/aromatic N) is 3. The van der Waals surface area contributed by atoms with Crippen molar-refractivity contribution in [2.45, 2.75) is 39.3 Å². The lowest BCUT2D eigenvalue weighted by Gasteiger charge is -2.20. The third-order valence-corrected chi connectivity index (χ3v) is 4.03. The predicted molar refractivity (Wildman–Crippen MR) is 94.7 cm³/mol. The molecule has 0 aliphatic carbocycles. The highest BCUT2D eigenvalue weighted by molar-refractivity contribution is 6.31. The zero-order chi connectivity index (χ0) is 16.6. The molecular formula is C18H21ClN4. The summed E-state index contributed by atoms with van der Waals surface area (Å²) >= 11 is 6.06. The summed E-state index contributed by atoms with van der Waals surface area (Å²) in [5, 5.41) is 0.606. The number of hydrogen-bond donors (Lipinski definition) is 1. The van der Waals surface area contributed by atoms with Gasteiger partial charge in [0.05, 0.1) is 11.6 Å². The molecule has 5 heteroatoms. The SMILES string of the molecule is CC(C)(C)c1nc2cc(Cl)cnc2n1Cc1ccc(CN)cc1. The summed E-state index contributed by atoms with van der Waals surface area (Å²) in [5.41, 5.74) is 9.61. The second kappa shape index (κ2) is 5.95. The molecule has 0 radical (unpaired) electrons. The van der Waals surface area contributed by atoms with Gasteiger partial charge in [-0.3, -0.25) is 0 Å². The molecule has 0 amide bonds. The maximum Gasteiger partial charge on any atom is 0.160 e. The number of aromatic nitrogens is 3. The van der Waals surface area contributed by atoms with Gasteiger partial charge in [-0.25, -0.2) is 9.97 Å². The van der Waals surface area contributed by atoms with Gasteiger partial charge in [-0.15, -0.1) is 0 Å². The Labute approximate surface area is 141 Å². The molecule has 2 aromatic heterocycles. The minimum absolute atomic E-state index is 0.0790. The Morgan fingerprint density at radius 1 is 1.13 bits per heavy atom. The van der Waals surface area contributed by atoms with Crippen LogP contribution in [-0.2, 0) is 18.5 Å². The van der Waals surface area contributed by atoms with Crippen LogP contribution in [-0.4, -0.2) is 14.5 Å². The Bertz CT molecular complexity index is 829. The number of pyridine rings is 1. The molecule has 0 saturated heterocycles. The number of benzene rings is 1. The molecule has 3 aromatic rings. The molecule has 0 bridgehead atoms. The standard InChI is InChI=1S/C18H21ClN4/c1-18(2,3)17-22-15-8-14(19)10-21-16(15)23(17)11-13-6-4-12(9-20)5-7-13/h4-8,10H,9,11,20H2,1-3H3. The molecule has 0 saturated carbocycles. The highest BCUT2D eigenvalue weighted by Crippen LogP contribution is 2.27. The van der Waals surface area contributed by atoms with Crippen LogP contribution in [0.25, 0.3) is 11.2 Å². The quantitative estimate of drug-likeness (QED) is 0.793. The van der Waals surface area contributed by atoms with E-state index in [0.29, 0.717) is 11.6 Å². The average Bonchev–Trinajstić information content (AvgIpc) is 2.86. The topological polar surface area (TPSA) is 56.7 Å². The number of nitrogens with two attached hydrogens (primary N) is 1. The lowest BCUT2D eigenvalue weighted by Crippen LogP contribution is -2.19. The molecule has 2 N–H and O–H groups in total. The Hall–Kier alpha value is -1.91. The largest absolute Gasteiger partial charge is 0.326 e. The molecule has 120 valence electrons. The van der Waals surface area contributed by atoms with Crippen molar-refractivity contribution in [1.29, 1.82) is 0 Å². The van der Waals surface area contributed by atoms with Gasteiger partial charge in [0.2, 0.25) is 0 Å². The smallest absolute Gasteiger partial charge is 0.160 e.